The first kappa shape index (κ1) is 17.6. The quantitative estimate of drug-likeness (QED) is 0.818. The van der Waals surface area contributed by atoms with Crippen LogP contribution in [0.3, 0.4) is 0 Å². The number of amides is 1. The van der Waals surface area contributed by atoms with Gasteiger partial charge in [-0.05, 0) is 18.2 Å². The van der Waals surface area contributed by atoms with Crippen LogP contribution >= 0.6 is 15.9 Å². The molecule has 3 rings (SSSR count). The number of carbonyl (C=O) groups is 1. The maximum absolute atomic E-state index is 13.5. The fourth-order valence-electron chi connectivity index (χ4n) is 2.53. The van der Waals surface area contributed by atoms with Gasteiger partial charge in [-0.2, -0.15) is 18.3 Å². The number of benzene rings is 2. The number of hydrogen-bond donors (Lipinski definition) is 1. The highest BCUT2D eigenvalue weighted by Crippen LogP contribution is 2.38. The molecule has 0 saturated heterocycles. The largest absolute Gasteiger partial charge is 0.424 e. The maximum atomic E-state index is 13.5. The normalized spacial score (nSPS) is 20.5. The van der Waals surface area contributed by atoms with Crippen molar-refractivity contribution in [1.29, 1.82) is 0 Å². The summed E-state index contributed by atoms with van der Waals surface area (Å²) in [4.78, 5) is 12.5. The summed E-state index contributed by atoms with van der Waals surface area (Å²) >= 11 is 3.21. The van der Waals surface area contributed by atoms with Gasteiger partial charge in [0.2, 0.25) is 5.60 Å². The highest BCUT2D eigenvalue weighted by molar-refractivity contribution is 9.10. The summed E-state index contributed by atoms with van der Waals surface area (Å²) < 4.78 is 41.1. The van der Waals surface area contributed by atoms with Crippen LogP contribution in [0.5, 0.6) is 0 Å². The molecule has 1 aliphatic heterocycles. The summed E-state index contributed by atoms with van der Waals surface area (Å²) in [5.74, 6) is -0.727. The van der Waals surface area contributed by atoms with Crippen molar-refractivity contribution in [2.75, 3.05) is 6.54 Å². The molecule has 1 atom stereocenters. The van der Waals surface area contributed by atoms with Crippen LogP contribution in [0.2, 0.25) is 0 Å². The van der Waals surface area contributed by atoms with E-state index in [1.165, 1.54) is 36.4 Å². The molecule has 2 aromatic rings. The number of nitrogens with zero attached hydrogens (tertiary/aromatic N) is 2. The Bertz CT molecular complexity index is 839. The molecule has 1 N–H and O–H groups in total. The first-order valence-corrected chi connectivity index (χ1v) is 8.03. The smallest absolute Gasteiger partial charge is 0.374 e. The number of halogens is 4. The molecule has 0 spiro atoms. The van der Waals surface area contributed by atoms with Crippen molar-refractivity contribution < 1.29 is 23.1 Å². The summed E-state index contributed by atoms with van der Waals surface area (Å²) in [6.45, 7) is -0.994. The summed E-state index contributed by atoms with van der Waals surface area (Å²) in [6.07, 6.45) is -4.98. The Morgan fingerprint density at radius 3 is 2.44 bits per heavy atom. The van der Waals surface area contributed by atoms with E-state index in [9.17, 15) is 23.1 Å². The Morgan fingerprint density at radius 1 is 1.16 bits per heavy atom. The highest BCUT2D eigenvalue weighted by atomic mass is 79.9. The zero-order valence-corrected chi connectivity index (χ0v) is 14.3. The molecule has 0 aromatic heterocycles. The minimum atomic E-state index is -4.98. The molecular weight excluding hydrogens is 401 g/mol. The number of aliphatic hydroxyl groups is 1. The number of hydrogen-bond acceptors (Lipinski definition) is 3. The summed E-state index contributed by atoms with van der Waals surface area (Å²) in [6, 6.07) is 13.7. The lowest BCUT2D eigenvalue weighted by Gasteiger charge is -2.27. The standard InChI is InChI=1S/C17H12BrF3N2O2/c18-13-8-4-7-12(9-13)15(24)23-10-16(25,17(19,20)21)14(22-23)11-5-2-1-3-6-11/h1-9,25H,10H2. The molecule has 2 aromatic carbocycles. The van der Waals surface area contributed by atoms with Crippen molar-refractivity contribution >= 4 is 27.5 Å². The van der Waals surface area contributed by atoms with Crippen LogP contribution in [0.4, 0.5) is 13.2 Å². The van der Waals surface area contributed by atoms with Crippen molar-refractivity contribution in [3.63, 3.8) is 0 Å². The van der Waals surface area contributed by atoms with Crippen LogP contribution in [0, 0.1) is 0 Å². The monoisotopic (exact) mass is 412 g/mol. The number of carbonyl (C=O) groups excluding carboxylic acids is 1. The molecule has 130 valence electrons. The van der Waals surface area contributed by atoms with Crippen molar-refractivity contribution in [3.8, 4) is 0 Å². The predicted octanol–water partition coefficient (Wildman–Crippen LogP) is 3.60. The number of alkyl halides is 3. The Balaban J connectivity index is 2.03. The van der Waals surface area contributed by atoms with Crippen LogP contribution in [0.1, 0.15) is 15.9 Å². The van der Waals surface area contributed by atoms with Crippen LogP contribution < -0.4 is 0 Å². The van der Waals surface area contributed by atoms with Crippen LogP contribution in [-0.2, 0) is 0 Å². The summed E-state index contributed by atoms with van der Waals surface area (Å²) in [5.41, 5.74) is -3.55. The SMILES string of the molecule is O=C(c1cccc(Br)c1)N1CC(O)(C(F)(F)F)C(c2ccccc2)=N1. The molecule has 1 aliphatic rings. The molecule has 1 amide bonds. The fraction of sp³-hybridized carbons (Fsp3) is 0.176. The minimum Gasteiger partial charge on any atom is -0.374 e. The molecule has 0 fully saturated rings. The van der Waals surface area contributed by atoms with Crippen molar-refractivity contribution in [1.82, 2.24) is 5.01 Å². The van der Waals surface area contributed by atoms with Crippen LogP contribution in [0.15, 0.2) is 64.2 Å². The second-order valence-electron chi connectivity index (χ2n) is 5.55. The van der Waals surface area contributed by atoms with Gasteiger partial charge in [-0.3, -0.25) is 4.79 Å². The lowest BCUT2D eigenvalue weighted by Crippen LogP contribution is -2.54. The first-order chi connectivity index (χ1) is 11.7. The average Bonchev–Trinajstić information content (AvgIpc) is 2.94. The van der Waals surface area contributed by atoms with Gasteiger partial charge in [0.25, 0.3) is 5.91 Å². The third-order valence-corrected chi connectivity index (χ3v) is 4.31. The third kappa shape index (κ3) is 3.19. The molecule has 0 saturated carbocycles. The van der Waals surface area contributed by atoms with Crippen molar-refractivity contribution in [3.05, 3.63) is 70.2 Å². The average molecular weight is 413 g/mol. The van der Waals surface area contributed by atoms with Crippen molar-refractivity contribution in [2.45, 2.75) is 11.8 Å². The molecular formula is C17H12BrF3N2O2. The van der Waals surface area contributed by atoms with Gasteiger partial charge < -0.3 is 5.11 Å². The van der Waals surface area contributed by atoms with E-state index in [1.54, 1.807) is 18.2 Å². The van der Waals surface area contributed by atoms with E-state index in [0.717, 1.165) is 0 Å². The van der Waals surface area contributed by atoms with E-state index in [-0.39, 0.29) is 11.1 Å². The van der Waals surface area contributed by atoms with Gasteiger partial charge in [-0.25, -0.2) is 5.01 Å². The Labute approximate surface area is 149 Å². The molecule has 0 radical (unpaired) electrons. The molecule has 1 heterocycles. The second-order valence-corrected chi connectivity index (χ2v) is 6.46. The van der Waals surface area contributed by atoms with Gasteiger partial charge in [-0.1, -0.05) is 52.3 Å². The second kappa shape index (κ2) is 6.27. The van der Waals surface area contributed by atoms with Gasteiger partial charge >= 0.3 is 6.18 Å². The molecule has 0 aliphatic carbocycles. The maximum Gasteiger partial charge on any atom is 0.424 e. The van der Waals surface area contributed by atoms with E-state index in [4.69, 9.17) is 0 Å². The third-order valence-electron chi connectivity index (χ3n) is 3.81. The zero-order chi connectivity index (χ0) is 18.2. The van der Waals surface area contributed by atoms with Gasteiger partial charge in [0.15, 0.2) is 0 Å². The van der Waals surface area contributed by atoms with E-state index < -0.39 is 29.9 Å². The highest BCUT2D eigenvalue weighted by Gasteiger charge is 2.62. The number of β-amino-alcohol motifs (C(OH)–C–C–N with tert-alkyl or cyclic N) is 1. The predicted molar refractivity (Wildman–Crippen MR) is 89.2 cm³/mol. The van der Waals surface area contributed by atoms with Crippen LogP contribution in [-0.4, -0.2) is 40.1 Å². The minimum absolute atomic E-state index is 0.104. The topological polar surface area (TPSA) is 52.9 Å². The molecule has 8 heteroatoms. The fourth-order valence-corrected chi connectivity index (χ4v) is 2.93. The van der Waals surface area contributed by atoms with E-state index in [1.807, 2.05) is 0 Å². The summed E-state index contributed by atoms with van der Waals surface area (Å²) in [5, 5.41) is 14.8. The van der Waals surface area contributed by atoms with Gasteiger partial charge in [0.1, 0.15) is 5.71 Å². The lowest BCUT2D eigenvalue weighted by atomic mass is 9.92. The lowest BCUT2D eigenvalue weighted by molar-refractivity contribution is -0.228. The number of rotatable bonds is 2. The number of hydrazone groups is 1. The molecule has 0 bridgehead atoms. The van der Waals surface area contributed by atoms with Crippen molar-refractivity contribution in [2.24, 2.45) is 5.10 Å². The Morgan fingerprint density at radius 2 is 1.84 bits per heavy atom. The van der Waals surface area contributed by atoms with Crippen LogP contribution in [0.25, 0.3) is 0 Å². The van der Waals surface area contributed by atoms with E-state index in [0.29, 0.717) is 9.48 Å². The van der Waals surface area contributed by atoms with E-state index in [2.05, 4.69) is 21.0 Å². The first-order valence-electron chi connectivity index (χ1n) is 7.23. The van der Waals surface area contributed by atoms with E-state index >= 15 is 0 Å². The van der Waals surface area contributed by atoms with Gasteiger partial charge in [0.05, 0.1) is 6.54 Å². The Kier molecular flexibility index (Phi) is 4.42. The van der Waals surface area contributed by atoms with Gasteiger partial charge in [0, 0.05) is 15.6 Å². The molecule has 1 unspecified atom stereocenters. The summed E-state index contributed by atoms with van der Waals surface area (Å²) in [7, 11) is 0. The zero-order valence-electron chi connectivity index (χ0n) is 12.7. The Hall–Kier alpha value is -2.19. The molecule has 4 nitrogen and oxygen atoms in total. The van der Waals surface area contributed by atoms with Gasteiger partial charge in [-0.15, -0.1) is 0 Å². The molecule has 25 heavy (non-hydrogen) atoms.